The molecule has 0 aromatic heterocycles. The Morgan fingerprint density at radius 3 is 2.61 bits per heavy atom. The number of hydrogen-bond acceptors (Lipinski definition) is 1. The summed E-state index contributed by atoms with van der Waals surface area (Å²) in [5.74, 6) is 0.697. The number of benzene rings is 1. The minimum atomic E-state index is -0.0443. The van der Waals surface area contributed by atoms with Crippen molar-refractivity contribution >= 4 is 11.6 Å². The maximum absolute atomic E-state index is 6.88. The van der Waals surface area contributed by atoms with Gasteiger partial charge in [0.1, 0.15) is 0 Å². The van der Waals surface area contributed by atoms with Gasteiger partial charge in [0.2, 0.25) is 0 Å². The van der Waals surface area contributed by atoms with Crippen LogP contribution >= 0.6 is 11.6 Å². The predicted molar refractivity (Wildman–Crippen MR) is 95.8 cm³/mol. The Labute approximate surface area is 145 Å². The van der Waals surface area contributed by atoms with Crippen molar-refractivity contribution < 1.29 is 4.74 Å². The fraction of sp³-hybridized carbons (Fsp3) is 0.619. The molecule has 2 bridgehead atoms. The van der Waals surface area contributed by atoms with Crippen LogP contribution in [-0.2, 0) is 11.2 Å². The van der Waals surface area contributed by atoms with E-state index in [0.29, 0.717) is 11.3 Å². The molecule has 1 heterocycles. The smallest absolute Gasteiger partial charge is 0.0959 e. The summed E-state index contributed by atoms with van der Waals surface area (Å²) < 4.78 is 6.88. The Morgan fingerprint density at radius 1 is 1.13 bits per heavy atom. The highest BCUT2D eigenvalue weighted by Crippen LogP contribution is 2.64. The number of hydrogen-bond donors (Lipinski definition) is 0. The quantitative estimate of drug-likeness (QED) is 0.608. The van der Waals surface area contributed by atoms with Gasteiger partial charge in [-0.1, -0.05) is 36.7 Å². The number of fused-ring (bicyclic) bond motifs is 1. The van der Waals surface area contributed by atoms with Gasteiger partial charge in [-0.25, -0.2) is 0 Å². The highest BCUT2D eigenvalue weighted by molar-refractivity contribution is 6.30. The van der Waals surface area contributed by atoms with E-state index in [1.54, 1.807) is 0 Å². The van der Waals surface area contributed by atoms with Crippen molar-refractivity contribution in [3.63, 3.8) is 0 Å². The van der Waals surface area contributed by atoms with Gasteiger partial charge in [0, 0.05) is 10.4 Å². The van der Waals surface area contributed by atoms with Gasteiger partial charge in [-0.2, -0.15) is 0 Å². The Hall–Kier alpha value is -0.790. The van der Waals surface area contributed by atoms with Gasteiger partial charge in [0.05, 0.1) is 11.2 Å². The van der Waals surface area contributed by atoms with E-state index in [0.717, 1.165) is 11.4 Å². The molecule has 1 saturated carbocycles. The molecule has 3 aliphatic rings. The van der Waals surface area contributed by atoms with E-state index in [2.05, 4.69) is 39.0 Å². The summed E-state index contributed by atoms with van der Waals surface area (Å²) in [5.41, 5.74) is 3.12. The summed E-state index contributed by atoms with van der Waals surface area (Å²) in [6, 6.07) is 8.32. The van der Waals surface area contributed by atoms with Crippen molar-refractivity contribution in [1.29, 1.82) is 0 Å². The third kappa shape index (κ3) is 2.31. The minimum absolute atomic E-state index is 0.00812. The highest BCUT2D eigenvalue weighted by atomic mass is 35.5. The van der Waals surface area contributed by atoms with Gasteiger partial charge in [-0.15, -0.1) is 0 Å². The molecule has 1 nitrogen and oxygen atoms in total. The first-order valence-corrected chi connectivity index (χ1v) is 9.37. The molecule has 0 amide bonds. The summed E-state index contributed by atoms with van der Waals surface area (Å²) in [7, 11) is 0. The SMILES string of the molecule is CC1(C)O[C@]23C[C@H]1CC[C@]2(C)CCC=C3Cc1ccc(Cl)cc1. The Kier molecular flexibility index (Phi) is 3.49. The molecule has 1 aromatic carbocycles. The molecule has 1 spiro atoms. The van der Waals surface area contributed by atoms with Crippen molar-refractivity contribution in [2.75, 3.05) is 0 Å². The van der Waals surface area contributed by atoms with Gasteiger partial charge in [-0.05, 0) is 81.6 Å². The van der Waals surface area contributed by atoms with E-state index in [-0.39, 0.29) is 11.2 Å². The van der Waals surface area contributed by atoms with E-state index in [1.807, 2.05) is 12.1 Å². The molecule has 1 aliphatic heterocycles. The first kappa shape index (κ1) is 15.7. The molecule has 4 rings (SSSR count). The third-order valence-corrected chi connectivity index (χ3v) is 7.14. The Morgan fingerprint density at radius 2 is 1.87 bits per heavy atom. The zero-order chi connectivity index (χ0) is 16.3. The second kappa shape index (κ2) is 5.10. The summed E-state index contributed by atoms with van der Waals surface area (Å²) in [4.78, 5) is 0. The number of ether oxygens (including phenoxy) is 1. The van der Waals surface area contributed by atoms with Gasteiger partial charge < -0.3 is 4.74 Å². The molecule has 2 heteroatoms. The van der Waals surface area contributed by atoms with Crippen LogP contribution in [0, 0.1) is 11.3 Å². The van der Waals surface area contributed by atoms with Gasteiger partial charge in [-0.3, -0.25) is 0 Å². The van der Waals surface area contributed by atoms with Crippen molar-refractivity contribution in [2.24, 2.45) is 11.3 Å². The maximum Gasteiger partial charge on any atom is 0.0959 e. The van der Waals surface area contributed by atoms with Crippen LogP contribution in [-0.4, -0.2) is 11.2 Å². The molecule has 0 unspecified atom stereocenters. The zero-order valence-electron chi connectivity index (χ0n) is 14.5. The van der Waals surface area contributed by atoms with E-state index in [1.165, 1.54) is 43.2 Å². The van der Waals surface area contributed by atoms with Crippen molar-refractivity contribution in [3.8, 4) is 0 Å². The lowest BCUT2D eigenvalue weighted by Gasteiger charge is -2.52. The molecule has 124 valence electrons. The lowest BCUT2D eigenvalue weighted by atomic mass is 9.55. The second-order valence-electron chi connectivity index (χ2n) is 8.60. The molecular formula is C21H27ClO. The second-order valence-corrected chi connectivity index (χ2v) is 9.04. The lowest BCUT2D eigenvalue weighted by Crippen LogP contribution is -2.52. The molecule has 2 fully saturated rings. The summed E-state index contributed by atoms with van der Waals surface area (Å²) >= 11 is 6.05. The summed E-state index contributed by atoms with van der Waals surface area (Å²) in [6.07, 6.45) is 9.75. The zero-order valence-corrected chi connectivity index (χ0v) is 15.2. The van der Waals surface area contributed by atoms with Crippen LogP contribution in [0.3, 0.4) is 0 Å². The molecule has 1 saturated heterocycles. The van der Waals surface area contributed by atoms with Crippen LogP contribution in [0.25, 0.3) is 0 Å². The lowest BCUT2D eigenvalue weighted by molar-refractivity contribution is -0.132. The highest BCUT2D eigenvalue weighted by Gasteiger charge is 2.64. The molecule has 23 heavy (non-hydrogen) atoms. The van der Waals surface area contributed by atoms with Gasteiger partial charge in [0.25, 0.3) is 0 Å². The molecule has 1 aromatic rings. The predicted octanol–water partition coefficient (Wildman–Crippen LogP) is 5.96. The average Bonchev–Trinajstić information content (AvgIpc) is 2.73. The van der Waals surface area contributed by atoms with Gasteiger partial charge in [0.15, 0.2) is 0 Å². The molecule has 3 atom stereocenters. The number of halogens is 1. The molecular weight excluding hydrogens is 304 g/mol. The molecule has 0 radical (unpaired) electrons. The third-order valence-electron chi connectivity index (χ3n) is 6.89. The fourth-order valence-electron chi connectivity index (χ4n) is 5.36. The summed E-state index contributed by atoms with van der Waals surface area (Å²) in [6.45, 7) is 7.07. The van der Waals surface area contributed by atoms with Crippen molar-refractivity contribution in [1.82, 2.24) is 0 Å². The van der Waals surface area contributed by atoms with Crippen molar-refractivity contribution in [3.05, 3.63) is 46.5 Å². The van der Waals surface area contributed by atoms with Crippen LogP contribution < -0.4 is 0 Å². The first-order valence-electron chi connectivity index (χ1n) is 8.99. The van der Waals surface area contributed by atoms with Crippen LogP contribution in [0.2, 0.25) is 5.02 Å². The van der Waals surface area contributed by atoms with Gasteiger partial charge >= 0.3 is 0 Å². The first-order chi connectivity index (χ1) is 10.8. The number of allylic oxidation sites excluding steroid dienone is 1. The molecule has 2 aliphatic carbocycles. The maximum atomic E-state index is 6.88. The average molecular weight is 331 g/mol. The molecule has 0 N–H and O–H groups in total. The normalized spacial score (nSPS) is 38.1. The van der Waals surface area contributed by atoms with E-state index >= 15 is 0 Å². The van der Waals surface area contributed by atoms with Crippen LogP contribution in [0.5, 0.6) is 0 Å². The van der Waals surface area contributed by atoms with E-state index in [9.17, 15) is 0 Å². The summed E-state index contributed by atoms with van der Waals surface area (Å²) in [5, 5.41) is 0.811. The monoisotopic (exact) mass is 330 g/mol. The largest absolute Gasteiger partial charge is 0.364 e. The minimum Gasteiger partial charge on any atom is -0.364 e. The topological polar surface area (TPSA) is 9.23 Å². The van der Waals surface area contributed by atoms with Crippen LogP contribution in [0.4, 0.5) is 0 Å². The van der Waals surface area contributed by atoms with Crippen molar-refractivity contribution in [2.45, 2.75) is 70.5 Å². The van der Waals surface area contributed by atoms with Crippen LogP contribution in [0.15, 0.2) is 35.9 Å². The van der Waals surface area contributed by atoms with E-state index in [4.69, 9.17) is 16.3 Å². The Balaban J connectivity index is 1.72. The number of rotatable bonds is 2. The van der Waals surface area contributed by atoms with E-state index < -0.39 is 0 Å². The fourth-order valence-corrected chi connectivity index (χ4v) is 5.48. The van der Waals surface area contributed by atoms with Crippen LogP contribution in [0.1, 0.15) is 58.4 Å². The standard InChI is InChI=1S/C21H27ClO/c1-19(2)17-10-12-20(3)11-4-5-16(21(20,14-17)23-19)13-15-6-8-18(22)9-7-15/h5-9,17H,4,10-14H2,1-3H3/t17-,20+,21+/m1/s1. The Bertz CT molecular complexity index is 644.